The van der Waals surface area contributed by atoms with Crippen molar-refractivity contribution >= 4 is 17.5 Å². The van der Waals surface area contributed by atoms with Gasteiger partial charge in [0.15, 0.2) is 0 Å². The van der Waals surface area contributed by atoms with Gasteiger partial charge in [-0.3, -0.25) is 9.59 Å². The van der Waals surface area contributed by atoms with Gasteiger partial charge in [0.1, 0.15) is 5.76 Å². The van der Waals surface area contributed by atoms with Gasteiger partial charge in [0.2, 0.25) is 0 Å². The van der Waals surface area contributed by atoms with E-state index in [1.807, 2.05) is 12.1 Å². The second kappa shape index (κ2) is 8.36. The SMILES string of the molecule is CC(C)c1ccc(C(=O)Nc2ccccc2C(=O)NCc2ccco2)cc1. The van der Waals surface area contributed by atoms with E-state index in [4.69, 9.17) is 4.42 Å². The molecule has 0 atom stereocenters. The van der Waals surface area contributed by atoms with Crippen molar-refractivity contribution in [2.75, 3.05) is 5.32 Å². The van der Waals surface area contributed by atoms with Crippen LogP contribution in [0.4, 0.5) is 5.69 Å². The molecule has 0 saturated carbocycles. The lowest BCUT2D eigenvalue weighted by molar-refractivity contribution is 0.0949. The van der Waals surface area contributed by atoms with Crippen molar-refractivity contribution in [3.05, 3.63) is 89.4 Å². The van der Waals surface area contributed by atoms with E-state index < -0.39 is 0 Å². The van der Waals surface area contributed by atoms with E-state index in [0.29, 0.717) is 28.5 Å². The molecule has 0 aliphatic heterocycles. The lowest BCUT2D eigenvalue weighted by Crippen LogP contribution is -2.24. The van der Waals surface area contributed by atoms with Crippen LogP contribution in [-0.2, 0) is 6.54 Å². The van der Waals surface area contributed by atoms with E-state index in [1.165, 1.54) is 5.56 Å². The van der Waals surface area contributed by atoms with Crippen LogP contribution in [0.25, 0.3) is 0 Å². The largest absolute Gasteiger partial charge is 0.467 e. The molecular formula is C22H22N2O3. The fourth-order valence-electron chi connectivity index (χ4n) is 2.68. The standard InChI is InChI=1S/C22H22N2O3/c1-15(2)16-9-11-17(12-10-16)21(25)24-20-8-4-3-7-19(20)22(26)23-14-18-6-5-13-27-18/h3-13,15H,14H2,1-2H3,(H,23,26)(H,24,25). The number of carbonyl (C=O) groups is 2. The molecule has 1 aromatic heterocycles. The van der Waals surface area contributed by atoms with Gasteiger partial charge in [0, 0.05) is 5.56 Å². The van der Waals surface area contributed by atoms with Crippen molar-refractivity contribution in [2.45, 2.75) is 26.3 Å². The molecule has 138 valence electrons. The number of carbonyl (C=O) groups excluding carboxylic acids is 2. The van der Waals surface area contributed by atoms with E-state index in [1.54, 1.807) is 54.8 Å². The molecule has 0 bridgehead atoms. The van der Waals surface area contributed by atoms with Gasteiger partial charge in [0.25, 0.3) is 11.8 Å². The number of hydrogen-bond donors (Lipinski definition) is 2. The Labute approximate surface area is 158 Å². The Bertz CT molecular complexity index is 913. The summed E-state index contributed by atoms with van der Waals surface area (Å²) in [6, 6.07) is 18.0. The van der Waals surface area contributed by atoms with Gasteiger partial charge in [-0.05, 0) is 47.9 Å². The zero-order chi connectivity index (χ0) is 19.2. The molecule has 5 heteroatoms. The first-order chi connectivity index (χ1) is 13.0. The average molecular weight is 362 g/mol. The summed E-state index contributed by atoms with van der Waals surface area (Å²) in [6.45, 7) is 4.49. The lowest BCUT2D eigenvalue weighted by Gasteiger charge is -2.12. The first kappa shape index (κ1) is 18.5. The van der Waals surface area contributed by atoms with Crippen molar-refractivity contribution in [1.29, 1.82) is 0 Å². The minimum absolute atomic E-state index is 0.253. The number of rotatable bonds is 6. The summed E-state index contributed by atoms with van der Waals surface area (Å²) < 4.78 is 5.21. The highest BCUT2D eigenvalue weighted by atomic mass is 16.3. The third-order valence-electron chi connectivity index (χ3n) is 4.26. The van der Waals surface area contributed by atoms with Crippen LogP contribution >= 0.6 is 0 Å². The van der Waals surface area contributed by atoms with Gasteiger partial charge < -0.3 is 15.1 Å². The Kier molecular flexibility index (Phi) is 5.71. The van der Waals surface area contributed by atoms with Crippen LogP contribution in [0.3, 0.4) is 0 Å². The molecule has 0 radical (unpaired) electrons. The highest BCUT2D eigenvalue weighted by molar-refractivity contribution is 6.09. The number of furan rings is 1. The van der Waals surface area contributed by atoms with Gasteiger partial charge in [-0.25, -0.2) is 0 Å². The van der Waals surface area contributed by atoms with Crippen LogP contribution < -0.4 is 10.6 Å². The molecule has 0 unspecified atom stereocenters. The first-order valence-electron chi connectivity index (χ1n) is 8.85. The molecule has 0 aliphatic carbocycles. The molecule has 0 spiro atoms. The van der Waals surface area contributed by atoms with Crippen molar-refractivity contribution < 1.29 is 14.0 Å². The quantitative estimate of drug-likeness (QED) is 0.674. The molecule has 5 nitrogen and oxygen atoms in total. The van der Waals surface area contributed by atoms with Gasteiger partial charge in [0.05, 0.1) is 24.1 Å². The topological polar surface area (TPSA) is 71.3 Å². The summed E-state index contributed by atoms with van der Waals surface area (Å²) >= 11 is 0. The summed E-state index contributed by atoms with van der Waals surface area (Å²) in [6.07, 6.45) is 1.56. The summed E-state index contributed by atoms with van der Waals surface area (Å²) in [7, 11) is 0. The minimum atomic E-state index is -0.280. The van der Waals surface area contributed by atoms with Gasteiger partial charge in [-0.2, -0.15) is 0 Å². The monoisotopic (exact) mass is 362 g/mol. The smallest absolute Gasteiger partial charge is 0.255 e. The first-order valence-corrected chi connectivity index (χ1v) is 8.85. The number of hydrogen-bond acceptors (Lipinski definition) is 3. The number of benzene rings is 2. The van der Waals surface area contributed by atoms with E-state index in [9.17, 15) is 9.59 Å². The third-order valence-corrected chi connectivity index (χ3v) is 4.26. The molecule has 0 saturated heterocycles. The summed E-state index contributed by atoms with van der Waals surface area (Å²) in [4.78, 5) is 25.1. The Morgan fingerprint density at radius 1 is 0.926 bits per heavy atom. The molecule has 1 heterocycles. The Morgan fingerprint density at radius 3 is 2.33 bits per heavy atom. The van der Waals surface area contributed by atoms with Crippen LogP contribution in [0.5, 0.6) is 0 Å². The summed E-state index contributed by atoms with van der Waals surface area (Å²) in [5.41, 5.74) is 2.58. The minimum Gasteiger partial charge on any atom is -0.467 e. The molecule has 3 aromatic rings. The molecule has 27 heavy (non-hydrogen) atoms. The second-order valence-electron chi connectivity index (χ2n) is 6.54. The van der Waals surface area contributed by atoms with Crippen LogP contribution in [0, 0.1) is 0 Å². The van der Waals surface area contributed by atoms with Crippen molar-refractivity contribution in [3.8, 4) is 0 Å². The predicted octanol–water partition coefficient (Wildman–Crippen LogP) is 4.59. The maximum Gasteiger partial charge on any atom is 0.255 e. The molecule has 3 rings (SSSR count). The zero-order valence-corrected chi connectivity index (χ0v) is 15.4. The third kappa shape index (κ3) is 4.64. The number of anilines is 1. The van der Waals surface area contributed by atoms with Crippen LogP contribution in [0.15, 0.2) is 71.3 Å². The Balaban J connectivity index is 1.71. The lowest BCUT2D eigenvalue weighted by atomic mass is 10.0. The Morgan fingerprint density at radius 2 is 1.67 bits per heavy atom. The van der Waals surface area contributed by atoms with Crippen LogP contribution in [-0.4, -0.2) is 11.8 Å². The van der Waals surface area contributed by atoms with Gasteiger partial charge in [-0.1, -0.05) is 38.1 Å². The van der Waals surface area contributed by atoms with Crippen molar-refractivity contribution in [3.63, 3.8) is 0 Å². The highest BCUT2D eigenvalue weighted by Gasteiger charge is 2.14. The fourth-order valence-corrected chi connectivity index (χ4v) is 2.68. The maximum atomic E-state index is 12.6. The maximum absolute atomic E-state index is 12.6. The van der Waals surface area contributed by atoms with Crippen LogP contribution in [0.1, 0.15) is 51.8 Å². The van der Waals surface area contributed by atoms with Crippen LogP contribution in [0.2, 0.25) is 0 Å². The number of nitrogens with one attached hydrogen (secondary N) is 2. The molecule has 2 aromatic carbocycles. The van der Waals surface area contributed by atoms with E-state index in [0.717, 1.165) is 0 Å². The highest BCUT2D eigenvalue weighted by Crippen LogP contribution is 2.18. The van der Waals surface area contributed by atoms with E-state index in [-0.39, 0.29) is 18.4 Å². The molecule has 2 N–H and O–H groups in total. The molecule has 0 fully saturated rings. The summed E-state index contributed by atoms with van der Waals surface area (Å²) in [5.74, 6) is 0.532. The van der Waals surface area contributed by atoms with E-state index in [2.05, 4.69) is 24.5 Å². The average Bonchev–Trinajstić information content (AvgIpc) is 3.20. The number of amides is 2. The molecule has 2 amide bonds. The molecule has 0 aliphatic rings. The van der Waals surface area contributed by atoms with Gasteiger partial charge in [-0.15, -0.1) is 0 Å². The molecular weight excluding hydrogens is 340 g/mol. The predicted molar refractivity (Wildman–Crippen MR) is 105 cm³/mol. The fraction of sp³-hybridized carbons (Fsp3) is 0.182. The zero-order valence-electron chi connectivity index (χ0n) is 15.4. The number of para-hydroxylation sites is 1. The van der Waals surface area contributed by atoms with Crippen molar-refractivity contribution in [1.82, 2.24) is 5.32 Å². The Hall–Kier alpha value is -3.34. The normalized spacial score (nSPS) is 10.6. The second-order valence-corrected chi connectivity index (χ2v) is 6.54. The van der Waals surface area contributed by atoms with Gasteiger partial charge >= 0.3 is 0 Å². The van der Waals surface area contributed by atoms with Crippen molar-refractivity contribution in [2.24, 2.45) is 0 Å². The summed E-state index contributed by atoms with van der Waals surface area (Å²) in [5, 5.41) is 5.62. The van der Waals surface area contributed by atoms with E-state index >= 15 is 0 Å².